The maximum Gasteiger partial charge on any atom is 0.253 e. The van der Waals surface area contributed by atoms with Crippen molar-refractivity contribution >= 4 is 15.9 Å². The average molecular weight is 365 g/mol. The number of amides is 1. The fraction of sp³-hybridized carbons (Fsp3) is 0.412. The summed E-state index contributed by atoms with van der Waals surface area (Å²) >= 11 is 0. The molecule has 0 unspecified atom stereocenters. The van der Waals surface area contributed by atoms with E-state index >= 15 is 0 Å². The minimum atomic E-state index is -3.60. The number of hydrogen-bond donors (Lipinski definition) is 0. The molecule has 136 valence electrons. The van der Waals surface area contributed by atoms with Crippen LogP contribution >= 0.6 is 0 Å². The highest BCUT2D eigenvalue weighted by molar-refractivity contribution is 7.89. The Bertz CT molecular complexity index is 841. The van der Waals surface area contributed by atoms with Gasteiger partial charge in [0, 0.05) is 31.8 Å². The number of hydrogen-bond acceptors (Lipinski definition) is 5. The van der Waals surface area contributed by atoms with Gasteiger partial charge < -0.3 is 9.42 Å². The van der Waals surface area contributed by atoms with Crippen LogP contribution in [0.25, 0.3) is 0 Å². The van der Waals surface area contributed by atoms with Crippen molar-refractivity contribution in [3.8, 4) is 0 Å². The van der Waals surface area contributed by atoms with Gasteiger partial charge in [0.15, 0.2) is 0 Å². The second kappa shape index (κ2) is 7.79. The van der Waals surface area contributed by atoms with Crippen LogP contribution < -0.4 is 0 Å². The lowest BCUT2D eigenvalue weighted by atomic mass is 10.2. The molecule has 0 radical (unpaired) electrons. The van der Waals surface area contributed by atoms with E-state index in [1.165, 1.54) is 21.3 Å². The standard InChI is InChI=1S/C17H23N3O4S/c1-5-20(6-2)25(22,23)16-9-7-8-14(11-16)17(21)19(4)12-15-10-13(3)24-18-15/h7-11H,5-6,12H2,1-4H3. The van der Waals surface area contributed by atoms with E-state index in [1.54, 1.807) is 46.0 Å². The van der Waals surface area contributed by atoms with Gasteiger partial charge in [-0.05, 0) is 25.1 Å². The van der Waals surface area contributed by atoms with Gasteiger partial charge in [-0.1, -0.05) is 25.1 Å². The summed E-state index contributed by atoms with van der Waals surface area (Å²) in [5.74, 6) is 0.389. The van der Waals surface area contributed by atoms with Crippen molar-refractivity contribution in [3.63, 3.8) is 0 Å². The lowest BCUT2D eigenvalue weighted by Gasteiger charge is -2.20. The lowest BCUT2D eigenvalue weighted by Crippen LogP contribution is -2.31. The molecule has 2 aromatic rings. The minimum Gasteiger partial charge on any atom is -0.361 e. The quantitative estimate of drug-likeness (QED) is 0.752. The van der Waals surface area contributed by atoms with E-state index in [-0.39, 0.29) is 17.3 Å². The third-order valence-electron chi connectivity index (χ3n) is 3.85. The first kappa shape index (κ1) is 19.1. The number of benzene rings is 1. The highest BCUT2D eigenvalue weighted by Crippen LogP contribution is 2.18. The second-order valence-electron chi connectivity index (χ2n) is 5.71. The first-order chi connectivity index (χ1) is 11.8. The Hall–Kier alpha value is -2.19. The van der Waals surface area contributed by atoms with Crippen molar-refractivity contribution in [2.75, 3.05) is 20.1 Å². The summed E-state index contributed by atoms with van der Waals surface area (Å²) in [4.78, 5) is 14.2. The summed E-state index contributed by atoms with van der Waals surface area (Å²) in [6.07, 6.45) is 0. The molecule has 1 heterocycles. The number of sulfonamides is 1. The van der Waals surface area contributed by atoms with Crippen LogP contribution in [0.4, 0.5) is 0 Å². The minimum absolute atomic E-state index is 0.118. The summed E-state index contributed by atoms with van der Waals surface area (Å²) < 4.78 is 31.6. The van der Waals surface area contributed by atoms with Gasteiger partial charge in [0.2, 0.25) is 10.0 Å². The van der Waals surface area contributed by atoms with Gasteiger partial charge in [-0.2, -0.15) is 4.31 Å². The molecule has 25 heavy (non-hydrogen) atoms. The van der Waals surface area contributed by atoms with E-state index in [9.17, 15) is 13.2 Å². The maximum absolute atomic E-state index is 12.6. The molecule has 0 spiro atoms. The molecule has 1 amide bonds. The Morgan fingerprint density at radius 1 is 1.20 bits per heavy atom. The van der Waals surface area contributed by atoms with Crippen molar-refractivity contribution in [2.45, 2.75) is 32.2 Å². The van der Waals surface area contributed by atoms with Crippen molar-refractivity contribution in [1.29, 1.82) is 0 Å². The largest absolute Gasteiger partial charge is 0.361 e. The van der Waals surface area contributed by atoms with E-state index in [4.69, 9.17) is 4.52 Å². The summed E-state index contributed by atoms with van der Waals surface area (Å²) in [5.41, 5.74) is 0.955. The fourth-order valence-electron chi connectivity index (χ4n) is 2.53. The van der Waals surface area contributed by atoms with Crippen molar-refractivity contribution in [2.24, 2.45) is 0 Å². The molecule has 0 N–H and O–H groups in total. The second-order valence-corrected chi connectivity index (χ2v) is 7.65. The maximum atomic E-state index is 12.6. The highest BCUT2D eigenvalue weighted by Gasteiger charge is 2.23. The molecule has 0 fully saturated rings. The normalized spacial score (nSPS) is 11.7. The molecule has 0 bridgehead atoms. The Morgan fingerprint density at radius 3 is 2.44 bits per heavy atom. The van der Waals surface area contributed by atoms with Crippen LogP contribution in [0.2, 0.25) is 0 Å². The Morgan fingerprint density at radius 2 is 1.88 bits per heavy atom. The van der Waals surface area contributed by atoms with Gasteiger partial charge in [0.25, 0.3) is 5.91 Å². The third kappa shape index (κ3) is 4.26. The number of aromatic nitrogens is 1. The van der Waals surface area contributed by atoms with Crippen LogP contribution in [0.15, 0.2) is 39.8 Å². The van der Waals surface area contributed by atoms with Gasteiger partial charge in [0.1, 0.15) is 11.5 Å². The molecular weight excluding hydrogens is 342 g/mol. The number of nitrogens with zero attached hydrogens (tertiary/aromatic N) is 3. The third-order valence-corrected chi connectivity index (χ3v) is 5.89. The fourth-order valence-corrected chi connectivity index (χ4v) is 4.03. The molecule has 0 saturated carbocycles. The summed E-state index contributed by atoms with van der Waals surface area (Å²) in [5, 5.41) is 3.86. The number of carbonyl (C=O) groups is 1. The molecule has 1 aromatic carbocycles. The molecule has 0 aliphatic heterocycles. The van der Waals surface area contributed by atoms with Gasteiger partial charge in [0.05, 0.1) is 11.4 Å². The molecule has 0 aliphatic rings. The predicted octanol–water partition coefficient (Wildman–Crippen LogP) is 2.29. The zero-order valence-corrected chi connectivity index (χ0v) is 15.7. The summed E-state index contributed by atoms with van der Waals surface area (Å²) in [6.45, 7) is 6.38. The van der Waals surface area contributed by atoms with Gasteiger partial charge >= 0.3 is 0 Å². The molecule has 0 saturated heterocycles. The average Bonchev–Trinajstić information content (AvgIpc) is 3.00. The molecule has 0 aliphatic carbocycles. The van der Waals surface area contributed by atoms with Gasteiger partial charge in [-0.15, -0.1) is 0 Å². The van der Waals surface area contributed by atoms with Gasteiger partial charge in [-0.25, -0.2) is 8.42 Å². The first-order valence-electron chi connectivity index (χ1n) is 8.07. The molecule has 0 atom stereocenters. The van der Waals surface area contributed by atoms with Crippen LogP contribution in [0, 0.1) is 6.92 Å². The smallest absolute Gasteiger partial charge is 0.253 e. The Labute approximate surface area is 148 Å². The van der Waals surface area contributed by atoms with E-state index < -0.39 is 10.0 Å². The Balaban J connectivity index is 2.24. The monoisotopic (exact) mass is 365 g/mol. The summed E-state index contributed by atoms with van der Waals surface area (Å²) in [6, 6.07) is 7.86. The molecule has 8 heteroatoms. The SMILES string of the molecule is CCN(CC)S(=O)(=O)c1cccc(C(=O)N(C)Cc2cc(C)on2)c1. The number of aryl methyl sites for hydroxylation is 1. The lowest BCUT2D eigenvalue weighted by molar-refractivity contribution is 0.0782. The highest BCUT2D eigenvalue weighted by atomic mass is 32.2. The summed E-state index contributed by atoms with van der Waals surface area (Å²) in [7, 11) is -1.97. The molecule has 7 nitrogen and oxygen atoms in total. The van der Waals surface area contributed by atoms with E-state index in [0.717, 1.165) is 0 Å². The van der Waals surface area contributed by atoms with Crippen molar-refractivity contribution in [1.82, 2.24) is 14.4 Å². The van der Waals surface area contributed by atoms with Crippen molar-refractivity contribution in [3.05, 3.63) is 47.3 Å². The van der Waals surface area contributed by atoms with Crippen LogP contribution in [0.3, 0.4) is 0 Å². The molecule has 1 aromatic heterocycles. The van der Waals surface area contributed by atoms with Crippen molar-refractivity contribution < 1.29 is 17.7 Å². The number of carbonyl (C=O) groups excluding carboxylic acids is 1. The zero-order valence-electron chi connectivity index (χ0n) is 14.9. The number of rotatable bonds is 7. The van der Waals surface area contributed by atoms with Crippen LogP contribution in [-0.2, 0) is 16.6 Å². The van der Waals surface area contributed by atoms with Gasteiger partial charge in [-0.3, -0.25) is 4.79 Å². The van der Waals surface area contributed by atoms with E-state index in [2.05, 4.69) is 5.16 Å². The Kier molecular flexibility index (Phi) is 5.97. The first-order valence-corrected chi connectivity index (χ1v) is 9.51. The van der Waals surface area contributed by atoms with E-state index in [0.29, 0.717) is 30.1 Å². The predicted molar refractivity (Wildman–Crippen MR) is 93.6 cm³/mol. The molecule has 2 rings (SSSR count). The zero-order chi connectivity index (χ0) is 18.6. The molecular formula is C17H23N3O4S. The van der Waals surface area contributed by atoms with Crippen LogP contribution in [0.1, 0.15) is 35.7 Å². The topological polar surface area (TPSA) is 83.7 Å². The van der Waals surface area contributed by atoms with E-state index in [1.807, 2.05) is 0 Å². The van der Waals surface area contributed by atoms with Crippen LogP contribution in [0.5, 0.6) is 0 Å². The van der Waals surface area contributed by atoms with Crippen LogP contribution in [-0.4, -0.2) is 48.8 Å².